The van der Waals surface area contributed by atoms with E-state index in [1.165, 1.54) is 18.3 Å². The first-order valence-corrected chi connectivity index (χ1v) is 6.10. The fraction of sp³-hybridized carbons (Fsp3) is 0.250. The lowest BCUT2D eigenvalue weighted by molar-refractivity contribution is 0.0956. The van der Waals surface area contributed by atoms with Crippen molar-refractivity contribution >= 4 is 21.7 Å². The number of hydrogen-bond acceptors (Lipinski definition) is 5. The predicted molar refractivity (Wildman–Crippen MR) is 59.0 cm³/mol. The monoisotopic (exact) mass is 244 g/mol. The molecular weight excluding hydrogens is 232 g/mol. The first-order valence-electron chi connectivity index (χ1n) is 4.39. The van der Waals surface area contributed by atoms with Crippen molar-refractivity contribution in [2.24, 2.45) is 5.14 Å². The maximum absolute atomic E-state index is 11.4. The summed E-state index contributed by atoms with van der Waals surface area (Å²) in [5.41, 5.74) is 5.65. The maximum atomic E-state index is 11.4. The molecule has 0 bridgehead atoms. The molecule has 0 fully saturated rings. The van der Waals surface area contributed by atoms with E-state index in [0.29, 0.717) is 11.4 Å². The molecule has 7 nitrogen and oxygen atoms in total. The van der Waals surface area contributed by atoms with E-state index in [4.69, 9.17) is 10.9 Å². The summed E-state index contributed by atoms with van der Waals surface area (Å²) >= 11 is 0. The number of hydrogen-bond donors (Lipinski definition) is 3. The number of nitrogens with two attached hydrogens (primary N) is 2. The van der Waals surface area contributed by atoms with E-state index in [1.54, 1.807) is 0 Å². The van der Waals surface area contributed by atoms with Gasteiger partial charge in [-0.1, -0.05) is 0 Å². The number of nitrogen functional groups attached to an aromatic ring is 1. The molecule has 0 unspecified atom stereocenters. The van der Waals surface area contributed by atoms with Crippen LogP contribution in [0.1, 0.15) is 10.4 Å². The number of sulfonamides is 1. The molecule has 0 atom stereocenters. The highest BCUT2D eigenvalue weighted by Crippen LogP contribution is 2.00. The zero-order chi connectivity index (χ0) is 12.2. The largest absolute Gasteiger partial charge is 0.384 e. The van der Waals surface area contributed by atoms with Crippen LogP contribution in [0, 0.1) is 0 Å². The van der Waals surface area contributed by atoms with Crippen molar-refractivity contribution in [1.82, 2.24) is 10.3 Å². The van der Waals surface area contributed by atoms with Gasteiger partial charge in [-0.2, -0.15) is 0 Å². The van der Waals surface area contributed by atoms with Crippen LogP contribution in [-0.2, 0) is 10.0 Å². The minimum absolute atomic E-state index is 0.0396. The molecule has 0 spiro atoms. The Morgan fingerprint density at radius 2 is 2.12 bits per heavy atom. The van der Waals surface area contributed by atoms with Crippen LogP contribution < -0.4 is 16.2 Å². The number of primary sulfonamides is 1. The maximum Gasteiger partial charge on any atom is 0.252 e. The molecule has 0 aromatic carbocycles. The second kappa shape index (κ2) is 4.90. The minimum Gasteiger partial charge on any atom is -0.384 e. The first kappa shape index (κ1) is 12.4. The van der Waals surface area contributed by atoms with Gasteiger partial charge in [0.05, 0.1) is 11.3 Å². The lowest BCUT2D eigenvalue weighted by Crippen LogP contribution is -2.31. The summed E-state index contributed by atoms with van der Waals surface area (Å²) in [6.45, 7) is -0.0396. The molecule has 8 heteroatoms. The van der Waals surface area contributed by atoms with Gasteiger partial charge in [0.25, 0.3) is 5.91 Å². The van der Waals surface area contributed by atoms with Gasteiger partial charge in [0.2, 0.25) is 10.0 Å². The molecule has 0 saturated heterocycles. The molecule has 0 aliphatic carbocycles. The summed E-state index contributed by atoms with van der Waals surface area (Å²) in [6.07, 6.45) is 1.31. The van der Waals surface area contributed by atoms with Crippen molar-refractivity contribution < 1.29 is 13.2 Å². The highest BCUT2D eigenvalue weighted by Gasteiger charge is 2.07. The molecule has 1 aromatic heterocycles. The number of pyridine rings is 1. The molecule has 0 radical (unpaired) electrons. The average Bonchev–Trinajstić information content (AvgIpc) is 2.16. The van der Waals surface area contributed by atoms with E-state index in [9.17, 15) is 13.2 Å². The van der Waals surface area contributed by atoms with E-state index in [1.807, 2.05) is 0 Å². The molecular formula is C8H12N4O3S. The van der Waals surface area contributed by atoms with E-state index in [-0.39, 0.29) is 12.3 Å². The zero-order valence-electron chi connectivity index (χ0n) is 8.38. The van der Waals surface area contributed by atoms with E-state index < -0.39 is 15.9 Å². The summed E-state index contributed by atoms with van der Waals surface area (Å²) in [5.74, 6) is -0.418. The van der Waals surface area contributed by atoms with Gasteiger partial charge in [-0.25, -0.2) is 18.5 Å². The Morgan fingerprint density at radius 1 is 1.44 bits per heavy atom. The Morgan fingerprint density at radius 3 is 2.62 bits per heavy atom. The number of carbonyl (C=O) groups is 1. The zero-order valence-corrected chi connectivity index (χ0v) is 9.20. The van der Waals surface area contributed by atoms with Crippen molar-refractivity contribution in [2.75, 3.05) is 18.0 Å². The smallest absolute Gasteiger partial charge is 0.252 e. The number of nitrogens with zero attached hydrogens (tertiary/aromatic N) is 1. The highest BCUT2D eigenvalue weighted by atomic mass is 32.2. The van der Waals surface area contributed by atoms with Gasteiger partial charge in [0, 0.05) is 12.7 Å². The SMILES string of the molecule is Nc1ccc(C(=O)NCCS(N)(=O)=O)cn1. The fourth-order valence-electron chi connectivity index (χ4n) is 0.949. The molecule has 1 heterocycles. The lowest BCUT2D eigenvalue weighted by atomic mass is 10.2. The van der Waals surface area contributed by atoms with Crippen molar-refractivity contribution in [2.45, 2.75) is 0 Å². The Labute approximate surface area is 92.9 Å². The topological polar surface area (TPSA) is 128 Å². The summed E-state index contributed by atoms with van der Waals surface area (Å²) in [5, 5.41) is 7.17. The number of anilines is 1. The fourth-order valence-corrected chi connectivity index (χ4v) is 1.34. The predicted octanol–water partition coefficient (Wildman–Crippen LogP) is -1.32. The summed E-state index contributed by atoms with van der Waals surface area (Å²) in [4.78, 5) is 15.1. The molecule has 88 valence electrons. The van der Waals surface area contributed by atoms with Crippen LogP contribution >= 0.6 is 0 Å². The number of aromatic nitrogens is 1. The van der Waals surface area contributed by atoms with Gasteiger partial charge in [0.15, 0.2) is 0 Å². The van der Waals surface area contributed by atoms with Gasteiger partial charge in [-0.05, 0) is 12.1 Å². The Bertz CT molecular complexity index is 469. The third-order valence-corrected chi connectivity index (χ3v) is 2.49. The second-order valence-corrected chi connectivity index (χ2v) is 4.83. The highest BCUT2D eigenvalue weighted by molar-refractivity contribution is 7.89. The number of nitrogens with one attached hydrogen (secondary N) is 1. The molecule has 1 aromatic rings. The molecule has 0 aliphatic rings. The minimum atomic E-state index is -3.56. The molecule has 1 amide bonds. The van der Waals surface area contributed by atoms with Gasteiger partial charge in [-0.3, -0.25) is 4.79 Å². The Kier molecular flexibility index (Phi) is 3.80. The molecule has 16 heavy (non-hydrogen) atoms. The lowest BCUT2D eigenvalue weighted by Gasteiger charge is -2.03. The van der Waals surface area contributed by atoms with Crippen LogP contribution in [0.15, 0.2) is 18.3 Å². The van der Waals surface area contributed by atoms with Crippen molar-refractivity contribution in [3.05, 3.63) is 23.9 Å². The number of rotatable bonds is 4. The Balaban J connectivity index is 2.50. The van der Waals surface area contributed by atoms with Gasteiger partial charge in [-0.15, -0.1) is 0 Å². The van der Waals surface area contributed by atoms with Crippen LogP contribution in [-0.4, -0.2) is 31.6 Å². The van der Waals surface area contributed by atoms with E-state index >= 15 is 0 Å². The van der Waals surface area contributed by atoms with E-state index in [2.05, 4.69) is 10.3 Å². The quantitative estimate of drug-likeness (QED) is 0.605. The molecule has 5 N–H and O–H groups in total. The van der Waals surface area contributed by atoms with Gasteiger partial charge in [0.1, 0.15) is 5.82 Å². The van der Waals surface area contributed by atoms with Crippen molar-refractivity contribution in [3.63, 3.8) is 0 Å². The number of amides is 1. The third-order valence-electron chi connectivity index (χ3n) is 1.72. The molecule has 1 rings (SSSR count). The summed E-state index contributed by atoms with van der Waals surface area (Å²) in [6, 6.07) is 2.98. The van der Waals surface area contributed by atoms with Crippen molar-refractivity contribution in [1.29, 1.82) is 0 Å². The Hall–Kier alpha value is -1.67. The van der Waals surface area contributed by atoms with Crippen LogP contribution in [0.2, 0.25) is 0 Å². The molecule has 0 saturated carbocycles. The van der Waals surface area contributed by atoms with Crippen LogP contribution in [0.3, 0.4) is 0 Å². The van der Waals surface area contributed by atoms with Gasteiger partial charge < -0.3 is 11.1 Å². The van der Waals surface area contributed by atoms with E-state index in [0.717, 1.165) is 0 Å². The standard InChI is InChI=1S/C8H12N4O3S/c9-7-2-1-6(5-12-7)8(13)11-3-4-16(10,14)15/h1-2,5H,3-4H2,(H2,9,12)(H,11,13)(H2,10,14,15). The second-order valence-electron chi connectivity index (χ2n) is 3.09. The number of carbonyl (C=O) groups excluding carboxylic acids is 1. The third kappa shape index (κ3) is 4.24. The van der Waals surface area contributed by atoms with Crippen LogP contribution in [0.4, 0.5) is 5.82 Å². The summed E-state index contributed by atoms with van der Waals surface area (Å²) < 4.78 is 21.2. The summed E-state index contributed by atoms with van der Waals surface area (Å²) in [7, 11) is -3.56. The molecule has 0 aliphatic heterocycles. The van der Waals surface area contributed by atoms with Gasteiger partial charge >= 0.3 is 0 Å². The van der Waals surface area contributed by atoms with Crippen molar-refractivity contribution in [3.8, 4) is 0 Å². The van der Waals surface area contributed by atoms with Crippen LogP contribution in [0.5, 0.6) is 0 Å². The van der Waals surface area contributed by atoms with Crippen LogP contribution in [0.25, 0.3) is 0 Å². The average molecular weight is 244 g/mol. The normalized spacial score (nSPS) is 11.1. The first-order chi connectivity index (χ1) is 7.38.